The zero-order valence-electron chi connectivity index (χ0n) is 16.2. The summed E-state index contributed by atoms with van der Waals surface area (Å²) in [5.74, 6) is -0.0348. The van der Waals surface area contributed by atoms with Crippen molar-refractivity contribution in [2.24, 2.45) is 0 Å². The molecular formula is C21H21NO7. The molecule has 0 aromatic heterocycles. The molecule has 0 fully saturated rings. The summed E-state index contributed by atoms with van der Waals surface area (Å²) in [4.78, 5) is 37.9. The molecule has 1 heterocycles. The fourth-order valence-corrected chi connectivity index (χ4v) is 2.80. The molecule has 0 radical (unpaired) electrons. The second-order valence-electron chi connectivity index (χ2n) is 6.26. The summed E-state index contributed by atoms with van der Waals surface area (Å²) in [7, 11) is 2.72. The van der Waals surface area contributed by atoms with Crippen LogP contribution in [0.4, 0.5) is 10.5 Å². The van der Waals surface area contributed by atoms with Gasteiger partial charge >= 0.3 is 12.1 Å². The van der Waals surface area contributed by atoms with Crippen molar-refractivity contribution in [1.82, 2.24) is 0 Å². The van der Waals surface area contributed by atoms with Crippen LogP contribution in [0.25, 0.3) is 0 Å². The van der Waals surface area contributed by atoms with E-state index in [1.54, 1.807) is 36.4 Å². The van der Waals surface area contributed by atoms with E-state index in [9.17, 15) is 14.4 Å². The molecule has 2 aromatic carbocycles. The Balaban J connectivity index is 1.69. The highest BCUT2D eigenvalue weighted by molar-refractivity contribution is 6.03. The second-order valence-corrected chi connectivity index (χ2v) is 6.26. The lowest BCUT2D eigenvalue weighted by Crippen LogP contribution is -2.28. The number of hydrogen-bond acceptors (Lipinski definition) is 7. The molecular weight excluding hydrogens is 378 g/mol. The van der Waals surface area contributed by atoms with Crippen molar-refractivity contribution in [3.63, 3.8) is 0 Å². The number of rotatable bonds is 5. The van der Waals surface area contributed by atoms with Gasteiger partial charge < -0.3 is 18.9 Å². The van der Waals surface area contributed by atoms with Gasteiger partial charge in [-0.1, -0.05) is 12.1 Å². The molecule has 29 heavy (non-hydrogen) atoms. The third-order valence-corrected chi connectivity index (χ3v) is 4.34. The van der Waals surface area contributed by atoms with Crippen LogP contribution >= 0.6 is 0 Å². The van der Waals surface area contributed by atoms with Gasteiger partial charge in [0.2, 0.25) is 0 Å². The Morgan fingerprint density at radius 3 is 2.52 bits per heavy atom. The van der Waals surface area contributed by atoms with Crippen molar-refractivity contribution in [3.05, 3.63) is 53.6 Å². The number of nitrogens with zero attached hydrogens (tertiary/aromatic N) is 1. The smallest absolute Gasteiger partial charge is 0.413 e. The third kappa shape index (κ3) is 4.66. The Morgan fingerprint density at radius 1 is 1.03 bits per heavy atom. The summed E-state index contributed by atoms with van der Waals surface area (Å²) in [5.41, 5.74) is 0.807. The van der Waals surface area contributed by atoms with Crippen molar-refractivity contribution in [3.8, 4) is 11.5 Å². The van der Waals surface area contributed by atoms with E-state index in [1.165, 1.54) is 25.1 Å². The number of fused-ring (bicyclic) bond motifs is 1. The first-order valence-corrected chi connectivity index (χ1v) is 9.02. The van der Waals surface area contributed by atoms with Gasteiger partial charge in [-0.25, -0.2) is 9.59 Å². The number of anilines is 1. The van der Waals surface area contributed by atoms with E-state index in [2.05, 4.69) is 4.74 Å². The molecule has 0 aliphatic carbocycles. The Morgan fingerprint density at radius 2 is 1.76 bits per heavy atom. The predicted molar refractivity (Wildman–Crippen MR) is 104 cm³/mol. The summed E-state index contributed by atoms with van der Waals surface area (Å²) in [6, 6.07) is 11.2. The number of carbonyl (C=O) groups excluding carboxylic acids is 3. The molecule has 0 bridgehead atoms. The van der Waals surface area contributed by atoms with Crippen LogP contribution in [0.3, 0.4) is 0 Å². The Kier molecular flexibility index (Phi) is 6.33. The van der Waals surface area contributed by atoms with Crippen LogP contribution in [-0.4, -0.2) is 51.8 Å². The Bertz CT molecular complexity index is 925. The number of para-hydroxylation sites is 1. The fraction of sp³-hybridized carbons (Fsp3) is 0.286. The number of carbonyl (C=O) groups is 3. The monoisotopic (exact) mass is 399 g/mol. The summed E-state index contributed by atoms with van der Waals surface area (Å²) in [6.45, 7) is 0.607. The van der Waals surface area contributed by atoms with Crippen LogP contribution in [0, 0.1) is 0 Å². The number of amides is 1. The molecule has 1 amide bonds. The molecule has 1 aliphatic heterocycles. The molecule has 0 saturated heterocycles. The summed E-state index contributed by atoms with van der Waals surface area (Å²) >= 11 is 0. The second kappa shape index (κ2) is 9.09. The fourth-order valence-electron chi connectivity index (χ4n) is 2.80. The van der Waals surface area contributed by atoms with Crippen molar-refractivity contribution in [2.75, 3.05) is 38.9 Å². The first-order chi connectivity index (χ1) is 14.0. The highest BCUT2D eigenvalue weighted by atomic mass is 16.5. The molecule has 1 aliphatic rings. The molecule has 8 nitrogen and oxygen atoms in total. The number of Topliss-reactive ketones (excluding diaryl/α,β-unsaturated/α-hetero) is 1. The summed E-state index contributed by atoms with van der Waals surface area (Å²) in [5, 5.41) is 0. The average Bonchev–Trinajstić information content (AvgIpc) is 3.01. The van der Waals surface area contributed by atoms with Gasteiger partial charge in [0, 0.05) is 19.0 Å². The van der Waals surface area contributed by atoms with Crippen LogP contribution in [0.1, 0.15) is 27.1 Å². The number of methoxy groups -OCH3 is 1. The normalized spacial score (nSPS) is 12.5. The molecule has 0 spiro atoms. The van der Waals surface area contributed by atoms with Crippen molar-refractivity contribution in [2.45, 2.75) is 6.42 Å². The number of hydrogen-bond donors (Lipinski definition) is 0. The van der Waals surface area contributed by atoms with Crippen LogP contribution in [0.5, 0.6) is 11.5 Å². The van der Waals surface area contributed by atoms with Gasteiger partial charge in [-0.15, -0.1) is 0 Å². The number of ketones is 1. The minimum absolute atomic E-state index is 0.145. The summed E-state index contributed by atoms with van der Waals surface area (Å²) in [6.07, 6.45) is 0.128. The zero-order valence-corrected chi connectivity index (χ0v) is 16.2. The highest BCUT2D eigenvalue weighted by Crippen LogP contribution is 2.30. The Labute approximate surface area is 167 Å². The van der Waals surface area contributed by atoms with Crippen LogP contribution < -0.4 is 14.4 Å². The standard InChI is InChI=1S/C21H21NO7/c1-22(21(25)26-2)16-7-4-3-6-15(16)20(24)29-13-17(23)14-8-9-18-19(12-14)28-11-5-10-27-18/h3-4,6-9,12H,5,10-11,13H2,1-2H3. The van der Waals surface area contributed by atoms with Gasteiger partial charge in [0.05, 0.1) is 31.6 Å². The van der Waals surface area contributed by atoms with E-state index in [4.69, 9.17) is 14.2 Å². The van der Waals surface area contributed by atoms with E-state index >= 15 is 0 Å². The molecule has 0 unspecified atom stereocenters. The van der Waals surface area contributed by atoms with Crippen molar-refractivity contribution in [1.29, 1.82) is 0 Å². The van der Waals surface area contributed by atoms with Gasteiger partial charge in [0.15, 0.2) is 23.9 Å². The maximum Gasteiger partial charge on any atom is 0.413 e. The first kappa shape index (κ1) is 20.2. The van der Waals surface area contributed by atoms with E-state index in [0.717, 1.165) is 6.42 Å². The predicted octanol–water partition coefficient (Wildman–Crippen LogP) is 3.09. The molecule has 8 heteroatoms. The van der Waals surface area contributed by atoms with Crippen molar-refractivity contribution >= 4 is 23.5 Å². The van der Waals surface area contributed by atoms with E-state index in [1.807, 2.05) is 0 Å². The molecule has 0 N–H and O–H groups in total. The quantitative estimate of drug-likeness (QED) is 0.564. The van der Waals surface area contributed by atoms with Crippen LogP contribution in [0.15, 0.2) is 42.5 Å². The molecule has 0 atom stereocenters. The lowest BCUT2D eigenvalue weighted by atomic mass is 10.1. The maximum atomic E-state index is 12.5. The zero-order chi connectivity index (χ0) is 20.8. The molecule has 3 rings (SSSR count). The number of esters is 1. The van der Waals surface area contributed by atoms with Gasteiger partial charge in [-0.3, -0.25) is 9.69 Å². The third-order valence-electron chi connectivity index (χ3n) is 4.34. The van der Waals surface area contributed by atoms with Gasteiger partial charge in [-0.05, 0) is 30.3 Å². The maximum absolute atomic E-state index is 12.5. The van der Waals surface area contributed by atoms with Gasteiger partial charge in [0.1, 0.15) is 0 Å². The SMILES string of the molecule is COC(=O)N(C)c1ccccc1C(=O)OCC(=O)c1ccc2c(c1)OCCCO2. The van der Waals surface area contributed by atoms with Crippen LogP contribution in [0.2, 0.25) is 0 Å². The molecule has 0 saturated carbocycles. The summed E-state index contributed by atoms with van der Waals surface area (Å²) < 4.78 is 21.0. The minimum atomic E-state index is -0.723. The molecule has 152 valence electrons. The Hall–Kier alpha value is -3.55. The average molecular weight is 399 g/mol. The highest BCUT2D eigenvalue weighted by Gasteiger charge is 2.21. The van der Waals surface area contributed by atoms with E-state index in [-0.39, 0.29) is 11.3 Å². The van der Waals surface area contributed by atoms with Crippen molar-refractivity contribution < 1.29 is 33.3 Å². The number of benzene rings is 2. The van der Waals surface area contributed by atoms with E-state index < -0.39 is 18.7 Å². The lowest BCUT2D eigenvalue weighted by molar-refractivity contribution is 0.0475. The number of ether oxygens (including phenoxy) is 4. The van der Waals surface area contributed by atoms with E-state index in [0.29, 0.717) is 36.0 Å². The largest absolute Gasteiger partial charge is 0.490 e. The van der Waals surface area contributed by atoms with Gasteiger partial charge in [-0.2, -0.15) is 0 Å². The van der Waals surface area contributed by atoms with Gasteiger partial charge in [0.25, 0.3) is 0 Å². The topological polar surface area (TPSA) is 91.4 Å². The lowest BCUT2D eigenvalue weighted by Gasteiger charge is -2.18. The first-order valence-electron chi connectivity index (χ1n) is 9.02. The molecule has 2 aromatic rings. The van der Waals surface area contributed by atoms with Crippen LogP contribution in [-0.2, 0) is 9.47 Å². The minimum Gasteiger partial charge on any atom is -0.490 e.